The van der Waals surface area contributed by atoms with Gasteiger partial charge in [-0.05, 0) is 122 Å². The van der Waals surface area contributed by atoms with Gasteiger partial charge in [0.1, 0.15) is 0 Å². The molecule has 7 rings (SSSR count). The van der Waals surface area contributed by atoms with Gasteiger partial charge in [0.05, 0.1) is 9.79 Å². The molecule has 234 valence electrons. The van der Waals surface area contributed by atoms with Crippen molar-refractivity contribution in [3.8, 4) is 0 Å². The van der Waals surface area contributed by atoms with E-state index in [2.05, 4.69) is 34.4 Å². The first-order valence-electron chi connectivity index (χ1n) is 14.6. The largest absolute Gasteiger partial charge is 0.341 e. The zero-order valence-electron chi connectivity index (χ0n) is 24.7. The smallest absolute Gasteiger partial charge is 0.294 e. The van der Waals surface area contributed by atoms with E-state index in [9.17, 15) is 30.7 Å². The first-order chi connectivity index (χ1) is 21.2. The number of carbonyl (C=O) groups is 1. The Morgan fingerprint density at radius 2 is 1.04 bits per heavy atom. The van der Waals surface area contributed by atoms with Crippen LogP contribution in [0.5, 0.6) is 0 Å². The summed E-state index contributed by atoms with van der Waals surface area (Å²) in [4.78, 5) is 19.9. The molecule has 3 heterocycles. The fraction of sp³-hybridized carbons (Fsp3) is 0.242. The maximum absolute atomic E-state index is 13.9. The maximum atomic E-state index is 13.9. The van der Waals surface area contributed by atoms with E-state index in [0.29, 0.717) is 24.0 Å². The van der Waals surface area contributed by atoms with Gasteiger partial charge in [-0.3, -0.25) is 13.9 Å². The van der Waals surface area contributed by atoms with Gasteiger partial charge in [-0.25, -0.2) is 0 Å². The Balaban J connectivity index is 1.28. The Kier molecular flexibility index (Phi) is 6.95. The van der Waals surface area contributed by atoms with Crippen molar-refractivity contribution >= 4 is 58.8 Å². The van der Waals surface area contributed by atoms with E-state index in [4.69, 9.17) is 0 Å². The highest BCUT2D eigenvalue weighted by molar-refractivity contribution is 8.32. The van der Waals surface area contributed by atoms with E-state index < -0.39 is 30.3 Å². The van der Waals surface area contributed by atoms with Crippen LogP contribution in [-0.2, 0) is 33.1 Å². The van der Waals surface area contributed by atoms with Crippen LogP contribution in [0.2, 0.25) is 0 Å². The zero-order valence-corrected chi connectivity index (χ0v) is 27.2. The fourth-order valence-corrected chi connectivity index (χ4v) is 10.4. The molecule has 9 nitrogen and oxygen atoms in total. The summed E-state index contributed by atoms with van der Waals surface area (Å²) in [6.07, 6.45) is 7.39. The van der Waals surface area contributed by atoms with Crippen LogP contribution in [0.3, 0.4) is 0 Å². The second-order valence-electron chi connectivity index (χ2n) is 12.1. The third-order valence-electron chi connectivity index (χ3n) is 9.08. The minimum atomic E-state index is -4.31. The second kappa shape index (κ2) is 10.4. The summed E-state index contributed by atoms with van der Waals surface area (Å²) < 4.78 is 66.1. The molecule has 0 amide bonds. The highest BCUT2D eigenvalue weighted by atomic mass is 32.3. The lowest BCUT2D eigenvalue weighted by atomic mass is 9.98. The zero-order chi connectivity index (χ0) is 31.9. The van der Waals surface area contributed by atoms with Crippen LogP contribution in [0.25, 0.3) is 0 Å². The number of benzene rings is 4. The molecule has 0 spiro atoms. The molecule has 0 bridgehead atoms. The molecule has 0 aliphatic carbocycles. The summed E-state index contributed by atoms with van der Waals surface area (Å²) in [5.74, 6) is -0.0291. The van der Waals surface area contributed by atoms with Crippen LogP contribution >= 0.6 is 10.0 Å². The number of rotatable bonds is 4. The Hall–Kier alpha value is -3.68. The van der Waals surface area contributed by atoms with E-state index in [1.807, 2.05) is 24.3 Å². The van der Waals surface area contributed by atoms with Gasteiger partial charge in [0.25, 0.3) is 20.2 Å². The normalized spacial score (nSPS) is 18.0. The van der Waals surface area contributed by atoms with Crippen LogP contribution in [-0.4, -0.2) is 57.3 Å². The number of anilines is 4. The molecule has 3 aliphatic heterocycles. The van der Waals surface area contributed by atoms with Gasteiger partial charge < -0.3 is 9.80 Å². The van der Waals surface area contributed by atoms with Gasteiger partial charge in [-0.2, -0.15) is 26.9 Å². The Morgan fingerprint density at radius 3 is 1.44 bits per heavy atom. The molecule has 0 unspecified atom stereocenters. The number of ketones is 1. The topological polar surface area (TPSA) is 132 Å². The van der Waals surface area contributed by atoms with Crippen LogP contribution in [0.4, 0.5) is 22.7 Å². The van der Waals surface area contributed by atoms with Gasteiger partial charge in [0, 0.05) is 56.8 Å². The molecule has 0 fully saturated rings. The molecule has 0 atom stereocenters. The Morgan fingerprint density at radius 1 is 0.622 bits per heavy atom. The summed E-state index contributed by atoms with van der Waals surface area (Å²) in [5, 5.41) is 0. The predicted octanol–water partition coefficient (Wildman–Crippen LogP) is 6.38. The first-order valence-corrected chi connectivity index (χ1v) is 19.9. The number of carbonyl (C=O) groups excluding carboxylic acids is 1. The minimum absolute atomic E-state index is 0.0291. The van der Waals surface area contributed by atoms with Gasteiger partial charge >= 0.3 is 0 Å². The Bertz CT molecular complexity index is 1990. The molecular formula is C33H32N2O7S3. The number of aryl methyl sites for hydroxylation is 2. The molecule has 2 N–H and O–H groups in total. The molecule has 0 saturated heterocycles. The van der Waals surface area contributed by atoms with Gasteiger partial charge in [-0.15, -0.1) is 0 Å². The molecule has 45 heavy (non-hydrogen) atoms. The standard InChI is InChI=1S/C33H32N2O7S3/c1-43(2)31-19-23(34-15-3-5-21-17-25(44(37,38)39)9-13-29(21)34)7-11-27(31)33(36)28-12-8-24(20-32(28)43)35-16-4-6-22-18-26(45(40,41)42)10-14-30(22)35/h7-14,17-20H,3-6,15-16H2,1-2H3,(H,37,38,39)(H,40,41,42). The Labute approximate surface area is 264 Å². The third kappa shape index (κ3) is 5.05. The third-order valence-corrected chi connectivity index (χ3v) is 13.7. The van der Waals surface area contributed by atoms with Gasteiger partial charge in [0.2, 0.25) is 0 Å². The molecule has 4 aromatic rings. The fourth-order valence-electron chi connectivity index (χ4n) is 6.85. The lowest BCUT2D eigenvalue weighted by Gasteiger charge is -2.41. The second-order valence-corrected chi connectivity index (χ2v) is 18.4. The first kappa shape index (κ1) is 30.0. The SMILES string of the molecule is CS1(C)c2cc(N3CCCc4cc(S(=O)(=O)O)ccc43)ccc2C(=O)c2ccc(N3CCCc4cc(S(=O)(=O)O)ccc43)cc21. The van der Waals surface area contributed by atoms with Crippen molar-refractivity contribution in [2.24, 2.45) is 0 Å². The molecular weight excluding hydrogens is 633 g/mol. The molecule has 4 aromatic carbocycles. The lowest BCUT2D eigenvalue weighted by Crippen LogP contribution is -2.26. The number of hydrogen-bond acceptors (Lipinski definition) is 7. The van der Waals surface area contributed by atoms with Crippen molar-refractivity contribution in [2.45, 2.75) is 45.3 Å². The molecule has 12 heteroatoms. The van der Waals surface area contributed by atoms with E-state index in [1.165, 1.54) is 24.3 Å². The monoisotopic (exact) mass is 664 g/mol. The van der Waals surface area contributed by atoms with Crippen molar-refractivity contribution in [1.29, 1.82) is 0 Å². The van der Waals surface area contributed by atoms with Crippen LogP contribution in [0, 0.1) is 0 Å². The van der Waals surface area contributed by atoms with Crippen molar-refractivity contribution in [1.82, 2.24) is 0 Å². The molecule has 0 aromatic heterocycles. The van der Waals surface area contributed by atoms with Gasteiger partial charge in [0.15, 0.2) is 5.78 Å². The van der Waals surface area contributed by atoms with E-state index >= 15 is 0 Å². The number of hydrogen-bond donors (Lipinski definition) is 2. The summed E-state index contributed by atoms with van der Waals surface area (Å²) >= 11 is 0. The van der Waals surface area contributed by atoms with E-state index in [1.54, 1.807) is 12.1 Å². The van der Waals surface area contributed by atoms with E-state index in [-0.39, 0.29) is 15.6 Å². The number of nitrogens with zero attached hydrogens (tertiary/aromatic N) is 2. The van der Waals surface area contributed by atoms with E-state index in [0.717, 1.165) is 69.6 Å². The summed E-state index contributed by atoms with van der Waals surface area (Å²) in [6, 6.07) is 21.3. The quantitative estimate of drug-likeness (QED) is 0.239. The highest BCUT2D eigenvalue weighted by Gasteiger charge is 2.35. The summed E-state index contributed by atoms with van der Waals surface area (Å²) in [7, 11) is -10.3. The molecule has 3 aliphatic rings. The highest BCUT2D eigenvalue weighted by Crippen LogP contribution is 2.63. The molecule has 0 radical (unpaired) electrons. The lowest BCUT2D eigenvalue weighted by molar-refractivity contribution is 0.103. The van der Waals surface area contributed by atoms with Crippen molar-refractivity contribution in [3.05, 3.63) is 95.1 Å². The number of fused-ring (bicyclic) bond motifs is 4. The van der Waals surface area contributed by atoms with Gasteiger partial charge in [-0.1, -0.05) is 0 Å². The minimum Gasteiger partial charge on any atom is -0.341 e. The molecule has 0 saturated carbocycles. The van der Waals surface area contributed by atoms with Crippen LogP contribution in [0.1, 0.15) is 39.9 Å². The maximum Gasteiger partial charge on any atom is 0.294 e. The van der Waals surface area contributed by atoms with Crippen LogP contribution < -0.4 is 9.80 Å². The average Bonchev–Trinajstić information content (AvgIpc) is 3.01. The van der Waals surface area contributed by atoms with Crippen molar-refractivity contribution in [3.63, 3.8) is 0 Å². The predicted molar refractivity (Wildman–Crippen MR) is 175 cm³/mol. The van der Waals surface area contributed by atoms with Crippen LogP contribution in [0.15, 0.2) is 92.4 Å². The van der Waals surface area contributed by atoms with Crippen molar-refractivity contribution in [2.75, 3.05) is 35.4 Å². The summed E-state index contributed by atoms with van der Waals surface area (Å²) in [6.45, 7) is 1.46. The van der Waals surface area contributed by atoms with Crippen molar-refractivity contribution < 1.29 is 30.7 Å². The summed E-state index contributed by atoms with van der Waals surface area (Å²) in [5.41, 5.74) is 6.65. The average molecular weight is 665 g/mol.